The number of para-hydroxylation sites is 1. The zero-order valence-electron chi connectivity index (χ0n) is 10.9. The lowest BCUT2D eigenvalue weighted by Crippen LogP contribution is -1.93. The summed E-state index contributed by atoms with van der Waals surface area (Å²) in [5.74, 6) is 0. The van der Waals surface area contributed by atoms with E-state index in [1.165, 1.54) is 11.8 Å². The Bertz CT molecular complexity index is 807. The molecule has 0 radical (unpaired) electrons. The third-order valence-corrected chi connectivity index (χ3v) is 4.81. The third kappa shape index (κ3) is 3.16. The smallest absolute Gasteiger partial charge is 0.107 e. The molecule has 0 aliphatic rings. The van der Waals surface area contributed by atoms with E-state index in [1.54, 1.807) is 18.2 Å². The van der Waals surface area contributed by atoms with E-state index in [2.05, 4.69) is 4.98 Å². The number of rotatable bonds is 3. The minimum absolute atomic E-state index is 0.0711. The van der Waals surface area contributed by atoms with Crippen LogP contribution in [0.4, 0.5) is 0 Å². The van der Waals surface area contributed by atoms with Gasteiger partial charge < -0.3 is 5.11 Å². The van der Waals surface area contributed by atoms with Crippen molar-refractivity contribution in [2.75, 3.05) is 0 Å². The molecule has 3 rings (SSSR count). The summed E-state index contributed by atoms with van der Waals surface area (Å²) >= 11 is 13.6. The average molecular weight is 336 g/mol. The molecule has 21 heavy (non-hydrogen) atoms. The van der Waals surface area contributed by atoms with Gasteiger partial charge in [-0.2, -0.15) is 0 Å². The van der Waals surface area contributed by atoms with E-state index >= 15 is 0 Å². The number of aliphatic hydroxyl groups excluding tert-OH is 1. The zero-order chi connectivity index (χ0) is 14.8. The van der Waals surface area contributed by atoms with Crippen molar-refractivity contribution in [1.29, 1.82) is 0 Å². The van der Waals surface area contributed by atoms with Crippen molar-refractivity contribution in [3.05, 3.63) is 64.1 Å². The molecule has 3 aromatic rings. The van der Waals surface area contributed by atoms with Crippen LogP contribution in [-0.4, -0.2) is 10.1 Å². The summed E-state index contributed by atoms with van der Waals surface area (Å²) in [6, 6.07) is 15.1. The maximum absolute atomic E-state index is 9.57. The highest BCUT2D eigenvalue weighted by atomic mass is 35.5. The fraction of sp³-hybridized carbons (Fsp3) is 0.0625. The molecule has 1 heterocycles. The van der Waals surface area contributed by atoms with Gasteiger partial charge in [-0.25, -0.2) is 4.98 Å². The lowest BCUT2D eigenvalue weighted by Gasteiger charge is -2.09. The summed E-state index contributed by atoms with van der Waals surface area (Å²) in [5, 5.41) is 12.5. The Kier molecular flexibility index (Phi) is 4.36. The van der Waals surface area contributed by atoms with Crippen molar-refractivity contribution in [2.24, 2.45) is 0 Å². The first kappa shape index (κ1) is 14.7. The zero-order valence-corrected chi connectivity index (χ0v) is 13.2. The highest BCUT2D eigenvalue weighted by Gasteiger charge is 2.11. The highest BCUT2D eigenvalue weighted by Crippen LogP contribution is 2.36. The normalized spacial score (nSPS) is 11.0. The van der Waals surface area contributed by atoms with Gasteiger partial charge in [0.15, 0.2) is 0 Å². The van der Waals surface area contributed by atoms with Crippen molar-refractivity contribution in [3.8, 4) is 0 Å². The summed E-state index contributed by atoms with van der Waals surface area (Å²) in [6.07, 6.45) is 0. The van der Waals surface area contributed by atoms with Crippen LogP contribution in [0.15, 0.2) is 58.5 Å². The number of halogens is 2. The third-order valence-electron chi connectivity index (χ3n) is 3.03. The Labute approximate surface area is 136 Å². The van der Waals surface area contributed by atoms with Gasteiger partial charge in [0.2, 0.25) is 0 Å². The molecule has 2 aromatic carbocycles. The molecule has 106 valence electrons. The van der Waals surface area contributed by atoms with E-state index in [0.717, 1.165) is 26.4 Å². The Hall–Kier alpha value is -1.26. The first-order valence-electron chi connectivity index (χ1n) is 6.30. The molecular formula is C16H11Cl2NOS. The number of benzene rings is 2. The first-order chi connectivity index (χ1) is 10.2. The number of nitrogens with zero attached hydrogens (tertiary/aromatic N) is 1. The van der Waals surface area contributed by atoms with Crippen molar-refractivity contribution < 1.29 is 5.11 Å². The molecule has 0 spiro atoms. The molecular weight excluding hydrogens is 325 g/mol. The second-order valence-electron chi connectivity index (χ2n) is 4.48. The van der Waals surface area contributed by atoms with Gasteiger partial charge >= 0.3 is 0 Å². The molecule has 0 aliphatic carbocycles. The Balaban J connectivity index is 2.08. The molecule has 0 atom stereocenters. The van der Waals surface area contributed by atoms with Crippen molar-refractivity contribution >= 4 is 45.9 Å². The molecule has 0 amide bonds. The van der Waals surface area contributed by atoms with Gasteiger partial charge in [-0.3, -0.25) is 0 Å². The van der Waals surface area contributed by atoms with Crippen LogP contribution in [-0.2, 0) is 6.61 Å². The fourth-order valence-corrected chi connectivity index (χ4v) is 3.43. The Morgan fingerprint density at radius 2 is 1.86 bits per heavy atom. The maximum Gasteiger partial charge on any atom is 0.107 e. The monoisotopic (exact) mass is 335 g/mol. The minimum Gasteiger partial charge on any atom is -0.392 e. The summed E-state index contributed by atoms with van der Waals surface area (Å²) in [6.45, 7) is -0.0711. The van der Waals surface area contributed by atoms with Crippen LogP contribution in [0.2, 0.25) is 10.0 Å². The van der Waals surface area contributed by atoms with E-state index in [4.69, 9.17) is 23.2 Å². The molecule has 0 aliphatic heterocycles. The van der Waals surface area contributed by atoms with E-state index in [9.17, 15) is 5.11 Å². The van der Waals surface area contributed by atoms with Crippen LogP contribution >= 0.6 is 35.0 Å². The van der Waals surface area contributed by atoms with E-state index in [1.807, 2.05) is 30.3 Å². The van der Waals surface area contributed by atoms with Crippen LogP contribution < -0.4 is 0 Å². The predicted octanol–water partition coefficient (Wildman–Crippen LogP) is 5.19. The second-order valence-corrected chi connectivity index (χ2v) is 6.35. The molecule has 0 bridgehead atoms. The van der Waals surface area contributed by atoms with Gasteiger partial charge in [0.05, 0.1) is 17.1 Å². The first-order valence-corrected chi connectivity index (χ1v) is 7.87. The molecule has 1 N–H and O–H groups in total. The molecule has 0 saturated heterocycles. The lowest BCUT2D eigenvalue weighted by atomic mass is 10.2. The van der Waals surface area contributed by atoms with Gasteiger partial charge in [0.1, 0.15) is 5.03 Å². The number of pyridine rings is 1. The Morgan fingerprint density at radius 1 is 1.05 bits per heavy atom. The molecule has 2 nitrogen and oxygen atoms in total. The van der Waals surface area contributed by atoms with Crippen LogP contribution in [0.25, 0.3) is 10.9 Å². The quantitative estimate of drug-likeness (QED) is 0.715. The topological polar surface area (TPSA) is 33.1 Å². The van der Waals surface area contributed by atoms with E-state index in [0.29, 0.717) is 10.0 Å². The number of aliphatic hydroxyl groups is 1. The molecule has 0 unspecified atom stereocenters. The second kappa shape index (κ2) is 6.24. The molecule has 0 fully saturated rings. The number of fused-ring (bicyclic) bond motifs is 1. The summed E-state index contributed by atoms with van der Waals surface area (Å²) in [4.78, 5) is 5.43. The van der Waals surface area contributed by atoms with Gasteiger partial charge in [-0.05, 0) is 30.3 Å². The number of hydrogen-bond acceptors (Lipinski definition) is 3. The molecule has 5 heteroatoms. The van der Waals surface area contributed by atoms with Gasteiger partial charge in [-0.15, -0.1) is 0 Å². The van der Waals surface area contributed by atoms with Crippen molar-refractivity contribution in [2.45, 2.75) is 16.5 Å². The fourth-order valence-electron chi connectivity index (χ4n) is 2.00. The van der Waals surface area contributed by atoms with Crippen LogP contribution in [0.5, 0.6) is 0 Å². The van der Waals surface area contributed by atoms with Crippen LogP contribution in [0, 0.1) is 0 Å². The summed E-state index contributed by atoms with van der Waals surface area (Å²) < 4.78 is 0. The SMILES string of the molecule is OCc1cc2ccccc2nc1Sc1cc(Cl)ccc1Cl. The lowest BCUT2D eigenvalue weighted by molar-refractivity contribution is 0.278. The number of hydrogen-bond donors (Lipinski definition) is 1. The van der Waals surface area contributed by atoms with Gasteiger partial charge in [-0.1, -0.05) is 53.2 Å². The molecule has 1 aromatic heterocycles. The summed E-state index contributed by atoms with van der Waals surface area (Å²) in [5.41, 5.74) is 1.66. The van der Waals surface area contributed by atoms with Crippen LogP contribution in [0.1, 0.15) is 5.56 Å². The minimum atomic E-state index is -0.0711. The maximum atomic E-state index is 9.57. The van der Waals surface area contributed by atoms with E-state index in [-0.39, 0.29) is 6.61 Å². The Morgan fingerprint density at radius 3 is 2.67 bits per heavy atom. The van der Waals surface area contributed by atoms with Crippen molar-refractivity contribution in [1.82, 2.24) is 4.98 Å². The standard InChI is InChI=1S/C16H11Cl2NOS/c17-12-5-6-13(18)15(8-12)21-16-11(9-20)7-10-3-1-2-4-14(10)19-16/h1-8,20H,9H2. The summed E-state index contributed by atoms with van der Waals surface area (Å²) in [7, 11) is 0. The van der Waals surface area contributed by atoms with Crippen LogP contribution in [0.3, 0.4) is 0 Å². The van der Waals surface area contributed by atoms with E-state index < -0.39 is 0 Å². The molecule has 0 saturated carbocycles. The predicted molar refractivity (Wildman–Crippen MR) is 88.3 cm³/mol. The highest BCUT2D eigenvalue weighted by molar-refractivity contribution is 7.99. The number of aromatic nitrogens is 1. The van der Waals surface area contributed by atoms with Gasteiger partial charge in [0.25, 0.3) is 0 Å². The van der Waals surface area contributed by atoms with Crippen molar-refractivity contribution in [3.63, 3.8) is 0 Å². The largest absolute Gasteiger partial charge is 0.392 e. The average Bonchev–Trinajstić information content (AvgIpc) is 2.50. The van der Waals surface area contributed by atoms with Gasteiger partial charge in [0, 0.05) is 20.9 Å².